The Hall–Kier alpha value is -4.65. The normalized spacial score (nSPS) is 18.2. The van der Waals surface area contributed by atoms with E-state index in [2.05, 4.69) is 5.32 Å². The lowest BCUT2D eigenvalue weighted by molar-refractivity contribution is -0.122. The predicted octanol–water partition coefficient (Wildman–Crippen LogP) is 5.31. The highest BCUT2D eigenvalue weighted by molar-refractivity contribution is 6.22. The monoisotopic (exact) mass is 479 g/mol. The number of fused-ring (bicyclic) bond motifs is 3. The van der Waals surface area contributed by atoms with Crippen LogP contribution in [0.4, 0.5) is 21.5 Å². The Morgan fingerprint density at radius 2 is 1.56 bits per heavy atom. The van der Waals surface area contributed by atoms with Gasteiger partial charge in [-0.05, 0) is 48.5 Å². The Morgan fingerprint density at radius 3 is 2.33 bits per heavy atom. The Morgan fingerprint density at radius 1 is 0.861 bits per heavy atom. The number of hydrogen-bond donors (Lipinski definition) is 1. The van der Waals surface area contributed by atoms with Crippen molar-refractivity contribution in [3.8, 4) is 5.75 Å². The van der Waals surface area contributed by atoms with Crippen LogP contribution in [0.25, 0.3) is 0 Å². The molecule has 0 aromatic heterocycles. The highest BCUT2D eigenvalue weighted by atomic mass is 19.1. The fourth-order valence-electron chi connectivity index (χ4n) is 5.07. The lowest BCUT2D eigenvalue weighted by Gasteiger charge is -2.45. The van der Waals surface area contributed by atoms with Gasteiger partial charge in [-0.1, -0.05) is 48.5 Å². The number of ether oxygens (including phenoxy) is 1. The van der Waals surface area contributed by atoms with E-state index in [0.717, 1.165) is 0 Å². The molecule has 7 heteroatoms. The third kappa shape index (κ3) is 3.09. The number of carbonyl (C=O) groups is 2. The third-order valence-corrected chi connectivity index (χ3v) is 6.77. The zero-order chi connectivity index (χ0) is 24.9. The van der Waals surface area contributed by atoms with E-state index in [1.54, 1.807) is 72.7 Å². The van der Waals surface area contributed by atoms with Gasteiger partial charge >= 0.3 is 0 Å². The maximum absolute atomic E-state index is 14.6. The van der Waals surface area contributed by atoms with Crippen molar-refractivity contribution < 1.29 is 18.7 Å². The summed E-state index contributed by atoms with van der Waals surface area (Å²) < 4.78 is 19.9. The number of methoxy groups -OCH3 is 1. The first-order chi connectivity index (χ1) is 17.5. The van der Waals surface area contributed by atoms with Gasteiger partial charge in [-0.2, -0.15) is 0 Å². The van der Waals surface area contributed by atoms with Crippen molar-refractivity contribution in [2.75, 3.05) is 22.2 Å². The summed E-state index contributed by atoms with van der Waals surface area (Å²) in [5.41, 5.74) is 1.60. The minimum atomic E-state index is -1.55. The number of nitrogens with zero attached hydrogens (tertiary/aromatic N) is 2. The quantitative estimate of drug-likeness (QED) is 0.431. The molecule has 2 amide bonds. The van der Waals surface area contributed by atoms with Gasteiger partial charge in [0.25, 0.3) is 11.8 Å². The van der Waals surface area contributed by atoms with Gasteiger partial charge in [-0.25, -0.2) is 4.39 Å². The van der Waals surface area contributed by atoms with Crippen molar-refractivity contribution in [1.29, 1.82) is 0 Å². The Bertz CT molecular complexity index is 1500. The molecule has 6 nitrogen and oxygen atoms in total. The van der Waals surface area contributed by atoms with E-state index in [0.29, 0.717) is 39.5 Å². The molecular weight excluding hydrogens is 457 g/mol. The Labute approximate surface area is 207 Å². The topological polar surface area (TPSA) is 61.9 Å². The van der Waals surface area contributed by atoms with Gasteiger partial charge < -0.3 is 15.0 Å². The smallest absolute Gasteiger partial charge is 0.279 e. The molecule has 36 heavy (non-hydrogen) atoms. The van der Waals surface area contributed by atoms with Crippen LogP contribution in [0.2, 0.25) is 0 Å². The lowest BCUT2D eigenvalue weighted by Crippen LogP contribution is -2.63. The molecule has 2 heterocycles. The molecule has 0 saturated carbocycles. The molecule has 4 aromatic carbocycles. The number of nitrogens with one attached hydrogen (secondary N) is 1. The van der Waals surface area contributed by atoms with Gasteiger partial charge in [0.15, 0.2) is 0 Å². The van der Waals surface area contributed by atoms with E-state index in [9.17, 15) is 14.0 Å². The van der Waals surface area contributed by atoms with Crippen LogP contribution in [0.3, 0.4) is 0 Å². The molecule has 0 radical (unpaired) electrons. The molecule has 6 rings (SSSR count). The van der Waals surface area contributed by atoms with E-state index in [-0.39, 0.29) is 18.4 Å². The lowest BCUT2D eigenvalue weighted by atomic mass is 9.92. The van der Waals surface area contributed by atoms with Crippen molar-refractivity contribution in [2.24, 2.45) is 0 Å². The molecular formula is C29H22FN3O3. The van der Waals surface area contributed by atoms with Crippen molar-refractivity contribution in [2.45, 2.75) is 12.2 Å². The number of benzene rings is 4. The summed E-state index contributed by atoms with van der Waals surface area (Å²) >= 11 is 0. The van der Waals surface area contributed by atoms with Crippen LogP contribution in [0, 0.1) is 5.82 Å². The second kappa shape index (κ2) is 8.23. The molecule has 0 fully saturated rings. The minimum absolute atomic E-state index is 0.0260. The van der Waals surface area contributed by atoms with Gasteiger partial charge in [0, 0.05) is 22.5 Å². The third-order valence-electron chi connectivity index (χ3n) is 6.77. The summed E-state index contributed by atoms with van der Waals surface area (Å²) in [6.45, 7) is 0.0260. The van der Waals surface area contributed by atoms with Crippen LogP contribution in [-0.2, 0) is 17.0 Å². The first kappa shape index (κ1) is 21.9. The van der Waals surface area contributed by atoms with Crippen LogP contribution in [0.1, 0.15) is 21.5 Å². The molecule has 0 aliphatic carbocycles. The number of halogens is 1. The molecule has 4 aromatic rings. The maximum atomic E-state index is 14.6. The number of para-hydroxylation sites is 2. The van der Waals surface area contributed by atoms with E-state index < -0.39 is 11.5 Å². The average Bonchev–Trinajstić information content (AvgIpc) is 3.13. The molecule has 0 saturated heterocycles. The molecule has 1 N–H and O–H groups in total. The van der Waals surface area contributed by atoms with Crippen LogP contribution >= 0.6 is 0 Å². The molecule has 1 atom stereocenters. The average molecular weight is 480 g/mol. The van der Waals surface area contributed by atoms with Gasteiger partial charge in [-0.3, -0.25) is 14.5 Å². The Kier molecular flexibility index (Phi) is 5.00. The summed E-state index contributed by atoms with van der Waals surface area (Å²) in [6, 6.07) is 27.8. The van der Waals surface area contributed by atoms with Gasteiger partial charge in [-0.15, -0.1) is 0 Å². The number of hydrogen-bond acceptors (Lipinski definition) is 4. The SMILES string of the molecule is COc1ccc(N2C(=O)c3ccccc3N[C@]23C(=O)N(Cc2ccccc2F)c2ccccc23)cc1. The number of rotatable bonds is 4. The van der Waals surface area contributed by atoms with Crippen LogP contribution in [-0.4, -0.2) is 18.9 Å². The second-order valence-electron chi connectivity index (χ2n) is 8.72. The minimum Gasteiger partial charge on any atom is -0.497 e. The summed E-state index contributed by atoms with van der Waals surface area (Å²) in [4.78, 5) is 31.5. The fraction of sp³-hybridized carbons (Fsp3) is 0.103. The van der Waals surface area contributed by atoms with E-state index in [4.69, 9.17) is 4.74 Å². The highest BCUT2D eigenvalue weighted by Gasteiger charge is 2.59. The summed E-state index contributed by atoms with van der Waals surface area (Å²) in [7, 11) is 1.57. The largest absolute Gasteiger partial charge is 0.497 e. The van der Waals surface area contributed by atoms with Crippen LogP contribution in [0.15, 0.2) is 97.1 Å². The van der Waals surface area contributed by atoms with Gasteiger partial charge in [0.1, 0.15) is 11.6 Å². The highest BCUT2D eigenvalue weighted by Crippen LogP contribution is 2.50. The van der Waals surface area contributed by atoms with E-state index in [1.807, 2.05) is 30.3 Å². The van der Waals surface area contributed by atoms with Gasteiger partial charge in [0.2, 0.25) is 5.66 Å². The molecule has 1 spiro atoms. The van der Waals surface area contributed by atoms with Crippen molar-refractivity contribution in [3.05, 3.63) is 120 Å². The zero-order valence-corrected chi connectivity index (χ0v) is 19.4. The van der Waals surface area contributed by atoms with Crippen molar-refractivity contribution in [1.82, 2.24) is 0 Å². The van der Waals surface area contributed by atoms with Gasteiger partial charge in [0.05, 0.1) is 24.9 Å². The summed E-state index contributed by atoms with van der Waals surface area (Å²) in [6.07, 6.45) is 0. The maximum Gasteiger partial charge on any atom is 0.279 e. The number of anilines is 3. The molecule has 0 bridgehead atoms. The molecule has 0 unspecified atom stereocenters. The predicted molar refractivity (Wildman–Crippen MR) is 136 cm³/mol. The number of amides is 2. The number of carbonyl (C=O) groups excluding carboxylic acids is 2. The second-order valence-corrected chi connectivity index (χ2v) is 8.72. The van der Waals surface area contributed by atoms with Crippen molar-refractivity contribution >= 4 is 28.9 Å². The molecule has 178 valence electrons. The Balaban J connectivity index is 1.57. The van der Waals surface area contributed by atoms with E-state index in [1.165, 1.54) is 11.0 Å². The van der Waals surface area contributed by atoms with Crippen LogP contribution < -0.4 is 19.9 Å². The summed E-state index contributed by atoms with van der Waals surface area (Å²) in [5.74, 6) is -0.449. The first-order valence-corrected chi connectivity index (χ1v) is 11.6. The molecule has 2 aliphatic rings. The standard InChI is InChI=1S/C29H22FN3O3/c1-36-21-16-14-20(15-17-21)33-27(34)22-9-3-6-12-25(22)31-29(33)23-10-4-7-13-26(23)32(28(29)35)18-19-8-2-5-11-24(19)30/h2-17,31H,18H2,1H3/t29-/m0/s1. The fourth-order valence-corrected chi connectivity index (χ4v) is 5.07. The van der Waals surface area contributed by atoms with Crippen molar-refractivity contribution in [3.63, 3.8) is 0 Å². The van der Waals surface area contributed by atoms with E-state index >= 15 is 0 Å². The first-order valence-electron chi connectivity index (χ1n) is 11.6. The summed E-state index contributed by atoms with van der Waals surface area (Å²) in [5, 5.41) is 3.41. The van der Waals surface area contributed by atoms with Crippen LogP contribution in [0.5, 0.6) is 5.75 Å². The zero-order valence-electron chi connectivity index (χ0n) is 19.4. The molecule has 2 aliphatic heterocycles.